The van der Waals surface area contributed by atoms with Crippen LogP contribution < -0.4 is 11.3 Å². The van der Waals surface area contributed by atoms with Crippen molar-refractivity contribution in [3.8, 4) is 0 Å². The Kier molecular flexibility index (Phi) is 4.58. The Bertz CT molecular complexity index is 403. The van der Waals surface area contributed by atoms with Crippen molar-refractivity contribution in [2.75, 3.05) is 0 Å². The molecule has 3 heteroatoms. The molecular weight excluding hydrogens is 239 g/mol. The molecule has 0 saturated heterocycles. The summed E-state index contributed by atoms with van der Waals surface area (Å²) in [4.78, 5) is 0. The van der Waals surface area contributed by atoms with Gasteiger partial charge in [-0.2, -0.15) is 0 Å². The predicted molar refractivity (Wildman–Crippen MR) is 76.9 cm³/mol. The smallest absolute Gasteiger partial charge is 0.123 e. The van der Waals surface area contributed by atoms with Gasteiger partial charge in [-0.1, -0.05) is 19.9 Å². The molecule has 1 fully saturated rings. The Morgan fingerprint density at radius 2 is 1.79 bits per heavy atom. The molecule has 0 spiro atoms. The van der Waals surface area contributed by atoms with Crippen LogP contribution >= 0.6 is 0 Å². The highest BCUT2D eigenvalue weighted by Gasteiger charge is 2.30. The van der Waals surface area contributed by atoms with E-state index in [1.165, 1.54) is 6.42 Å². The fourth-order valence-electron chi connectivity index (χ4n) is 3.73. The van der Waals surface area contributed by atoms with Crippen molar-refractivity contribution in [2.24, 2.45) is 23.6 Å². The lowest BCUT2D eigenvalue weighted by Crippen LogP contribution is -2.37. The fraction of sp³-hybridized carbons (Fsp3) is 0.625. The zero-order chi connectivity index (χ0) is 14.0. The second-order valence-corrected chi connectivity index (χ2v) is 6.38. The number of hydrogen-bond donors (Lipinski definition) is 2. The number of nitrogens with one attached hydrogen (secondary N) is 1. The summed E-state index contributed by atoms with van der Waals surface area (Å²) in [5.41, 5.74) is 4.85. The quantitative estimate of drug-likeness (QED) is 0.645. The Balaban J connectivity index is 2.23. The van der Waals surface area contributed by atoms with E-state index in [9.17, 15) is 4.39 Å². The van der Waals surface area contributed by atoms with Crippen LogP contribution in [0.3, 0.4) is 0 Å². The molecule has 1 aromatic carbocycles. The summed E-state index contributed by atoms with van der Waals surface area (Å²) in [6.45, 7) is 6.52. The minimum absolute atomic E-state index is 0.0552. The first-order chi connectivity index (χ1) is 8.99. The maximum Gasteiger partial charge on any atom is 0.123 e. The van der Waals surface area contributed by atoms with E-state index >= 15 is 0 Å². The van der Waals surface area contributed by atoms with E-state index in [-0.39, 0.29) is 11.9 Å². The van der Waals surface area contributed by atoms with Crippen molar-refractivity contribution >= 4 is 0 Å². The lowest BCUT2D eigenvalue weighted by Gasteiger charge is -2.36. The maximum atomic E-state index is 13.6. The summed E-state index contributed by atoms with van der Waals surface area (Å²) in [6, 6.07) is 5.27. The number of rotatable bonds is 3. The van der Waals surface area contributed by atoms with E-state index in [1.807, 2.05) is 13.0 Å². The van der Waals surface area contributed by atoms with E-state index in [2.05, 4.69) is 19.3 Å². The van der Waals surface area contributed by atoms with Crippen LogP contribution in [0.25, 0.3) is 0 Å². The molecule has 3 unspecified atom stereocenters. The second kappa shape index (κ2) is 6.02. The van der Waals surface area contributed by atoms with Crippen LogP contribution in [-0.4, -0.2) is 0 Å². The molecule has 2 rings (SSSR count). The van der Waals surface area contributed by atoms with Gasteiger partial charge in [-0.05, 0) is 67.2 Å². The third kappa shape index (κ3) is 3.54. The van der Waals surface area contributed by atoms with Crippen molar-refractivity contribution < 1.29 is 4.39 Å². The number of hydrogen-bond acceptors (Lipinski definition) is 2. The van der Waals surface area contributed by atoms with Gasteiger partial charge < -0.3 is 0 Å². The summed E-state index contributed by atoms with van der Waals surface area (Å²) in [6.07, 6.45) is 3.61. The van der Waals surface area contributed by atoms with Crippen LogP contribution in [-0.2, 0) is 0 Å². The van der Waals surface area contributed by atoms with Gasteiger partial charge in [-0.25, -0.2) is 4.39 Å². The van der Waals surface area contributed by atoms with Gasteiger partial charge in [0.05, 0.1) is 0 Å². The molecule has 3 atom stereocenters. The fourth-order valence-corrected chi connectivity index (χ4v) is 3.73. The Morgan fingerprint density at radius 1 is 1.16 bits per heavy atom. The molecule has 19 heavy (non-hydrogen) atoms. The number of halogens is 1. The highest BCUT2D eigenvalue weighted by Crippen LogP contribution is 2.39. The van der Waals surface area contributed by atoms with Gasteiger partial charge in [-0.3, -0.25) is 11.3 Å². The molecule has 1 aliphatic carbocycles. The van der Waals surface area contributed by atoms with Crippen molar-refractivity contribution in [2.45, 2.75) is 46.1 Å². The third-order valence-corrected chi connectivity index (χ3v) is 4.29. The lowest BCUT2D eigenvalue weighted by atomic mass is 9.72. The Morgan fingerprint density at radius 3 is 2.32 bits per heavy atom. The number of nitrogens with two attached hydrogens (primary N) is 1. The van der Waals surface area contributed by atoms with Gasteiger partial charge in [0.15, 0.2) is 0 Å². The average molecular weight is 264 g/mol. The molecule has 3 N–H and O–H groups in total. The zero-order valence-corrected chi connectivity index (χ0v) is 12.1. The monoisotopic (exact) mass is 264 g/mol. The molecule has 0 bridgehead atoms. The molecular formula is C16H25FN2. The van der Waals surface area contributed by atoms with Gasteiger partial charge in [-0.15, -0.1) is 0 Å². The summed E-state index contributed by atoms with van der Waals surface area (Å²) in [5.74, 6) is 7.51. The summed E-state index contributed by atoms with van der Waals surface area (Å²) in [7, 11) is 0. The normalized spacial score (nSPS) is 29.2. The van der Waals surface area contributed by atoms with Crippen LogP contribution in [0.4, 0.5) is 4.39 Å². The highest BCUT2D eigenvalue weighted by molar-refractivity contribution is 5.26. The topological polar surface area (TPSA) is 38.0 Å². The average Bonchev–Trinajstić information content (AvgIpc) is 2.27. The highest BCUT2D eigenvalue weighted by atomic mass is 19.1. The molecule has 1 aliphatic rings. The van der Waals surface area contributed by atoms with Crippen LogP contribution in [0.1, 0.15) is 50.3 Å². The van der Waals surface area contributed by atoms with Gasteiger partial charge >= 0.3 is 0 Å². The molecule has 0 aliphatic heterocycles. The van der Waals surface area contributed by atoms with Gasteiger partial charge in [0.2, 0.25) is 0 Å². The van der Waals surface area contributed by atoms with Crippen LogP contribution in [0.5, 0.6) is 0 Å². The molecule has 0 amide bonds. The summed E-state index contributed by atoms with van der Waals surface area (Å²) < 4.78 is 13.6. The first-order valence-corrected chi connectivity index (χ1v) is 7.22. The summed E-state index contributed by atoms with van der Waals surface area (Å²) >= 11 is 0. The second-order valence-electron chi connectivity index (χ2n) is 6.38. The molecule has 106 valence electrons. The van der Waals surface area contributed by atoms with E-state index in [0.29, 0.717) is 5.92 Å². The van der Waals surface area contributed by atoms with Crippen molar-refractivity contribution in [3.05, 3.63) is 35.1 Å². The Hall–Kier alpha value is -0.930. The van der Waals surface area contributed by atoms with Crippen molar-refractivity contribution in [1.82, 2.24) is 5.43 Å². The summed E-state index contributed by atoms with van der Waals surface area (Å²) in [5, 5.41) is 0. The molecule has 0 aromatic heterocycles. The third-order valence-electron chi connectivity index (χ3n) is 4.29. The van der Waals surface area contributed by atoms with E-state index in [1.54, 1.807) is 12.1 Å². The van der Waals surface area contributed by atoms with E-state index in [4.69, 9.17) is 5.84 Å². The molecule has 1 aromatic rings. The van der Waals surface area contributed by atoms with Crippen LogP contribution in [0, 0.1) is 30.5 Å². The van der Waals surface area contributed by atoms with E-state index < -0.39 is 0 Å². The standard InChI is InChI=1S/C16H25FN2/c1-10-4-11(2)6-13(5-10)16(19-18)14-7-12(3)8-15(17)9-14/h7-11,13,16,19H,4-6,18H2,1-3H3. The number of aryl methyl sites for hydroxylation is 1. The van der Waals surface area contributed by atoms with Crippen molar-refractivity contribution in [1.29, 1.82) is 0 Å². The van der Waals surface area contributed by atoms with Crippen LogP contribution in [0.2, 0.25) is 0 Å². The van der Waals surface area contributed by atoms with E-state index in [0.717, 1.165) is 35.8 Å². The van der Waals surface area contributed by atoms with Crippen molar-refractivity contribution in [3.63, 3.8) is 0 Å². The number of hydrazine groups is 1. The molecule has 0 heterocycles. The predicted octanol–water partition coefficient (Wildman–Crippen LogP) is 3.71. The largest absolute Gasteiger partial charge is 0.271 e. The number of benzene rings is 1. The maximum absolute atomic E-state index is 13.6. The Labute approximate surface area is 115 Å². The minimum atomic E-state index is -0.174. The minimum Gasteiger partial charge on any atom is -0.271 e. The van der Waals surface area contributed by atoms with Gasteiger partial charge in [0.1, 0.15) is 5.82 Å². The SMILES string of the molecule is Cc1cc(F)cc(C(NN)C2CC(C)CC(C)C2)c1. The molecule has 2 nitrogen and oxygen atoms in total. The zero-order valence-electron chi connectivity index (χ0n) is 12.1. The van der Waals surface area contributed by atoms with Gasteiger partial charge in [0, 0.05) is 6.04 Å². The first-order valence-electron chi connectivity index (χ1n) is 7.22. The lowest BCUT2D eigenvalue weighted by molar-refractivity contribution is 0.177. The molecule has 1 saturated carbocycles. The molecule has 0 radical (unpaired) electrons. The van der Waals surface area contributed by atoms with Crippen LogP contribution in [0.15, 0.2) is 18.2 Å². The van der Waals surface area contributed by atoms with Gasteiger partial charge in [0.25, 0.3) is 0 Å². The first kappa shape index (κ1) is 14.5.